The third-order valence-electron chi connectivity index (χ3n) is 7.07. The smallest absolute Gasteiger partial charge is 0.225 e. The first kappa shape index (κ1) is 22.3. The Morgan fingerprint density at radius 1 is 0.968 bits per heavy atom. The van der Waals surface area contributed by atoms with E-state index in [-0.39, 0.29) is 5.92 Å². The first-order valence-electron chi connectivity index (χ1n) is 12.1. The van der Waals surface area contributed by atoms with Gasteiger partial charge in [-0.25, -0.2) is 0 Å². The summed E-state index contributed by atoms with van der Waals surface area (Å²) in [6.07, 6.45) is 4.68. The molecule has 0 N–H and O–H groups in total. The van der Waals surface area contributed by atoms with Gasteiger partial charge in [-0.15, -0.1) is 10.2 Å². The highest BCUT2D eigenvalue weighted by molar-refractivity contribution is 5.79. The van der Waals surface area contributed by atoms with E-state index in [1.807, 2.05) is 4.90 Å². The molecule has 8 nitrogen and oxygen atoms in total. The van der Waals surface area contributed by atoms with Crippen LogP contribution in [0.15, 0.2) is 12.1 Å². The molecule has 4 heterocycles. The van der Waals surface area contributed by atoms with E-state index in [2.05, 4.69) is 50.9 Å². The van der Waals surface area contributed by atoms with Gasteiger partial charge >= 0.3 is 0 Å². The van der Waals surface area contributed by atoms with Crippen LogP contribution in [0.3, 0.4) is 0 Å². The zero-order valence-electron chi connectivity index (χ0n) is 19.2. The van der Waals surface area contributed by atoms with Crippen LogP contribution >= 0.6 is 0 Å². The molecule has 1 aromatic heterocycles. The zero-order valence-corrected chi connectivity index (χ0v) is 19.2. The first-order chi connectivity index (χ1) is 15.2. The van der Waals surface area contributed by atoms with Gasteiger partial charge in [0, 0.05) is 71.4 Å². The highest BCUT2D eigenvalue weighted by Gasteiger charge is 2.27. The van der Waals surface area contributed by atoms with Crippen molar-refractivity contribution >= 4 is 17.5 Å². The standard InChI is InChI=1S/C23H38N6O2/c1-3-19(4-2)23(30)29-15-13-28(14-16-29)22-8-7-21(24-25-22)27-11-9-26(10-12-27)18-20-6-5-17-31-20/h7-8,19-20H,3-6,9-18H2,1-2H3. The average molecular weight is 431 g/mol. The van der Waals surface area contributed by atoms with E-state index in [4.69, 9.17) is 4.74 Å². The number of amides is 1. The van der Waals surface area contributed by atoms with E-state index in [1.165, 1.54) is 12.8 Å². The second-order valence-corrected chi connectivity index (χ2v) is 9.00. The summed E-state index contributed by atoms with van der Waals surface area (Å²) < 4.78 is 5.78. The second kappa shape index (κ2) is 10.6. The molecule has 31 heavy (non-hydrogen) atoms. The lowest BCUT2D eigenvalue weighted by Gasteiger charge is -2.37. The van der Waals surface area contributed by atoms with Gasteiger partial charge in [0.15, 0.2) is 11.6 Å². The van der Waals surface area contributed by atoms with Crippen LogP contribution in [0.25, 0.3) is 0 Å². The lowest BCUT2D eigenvalue weighted by atomic mass is 10.0. The minimum Gasteiger partial charge on any atom is -0.377 e. The molecule has 0 radical (unpaired) electrons. The SMILES string of the molecule is CCC(CC)C(=O)N1CCN(c2ccc(N3CCN(CC4CCCO4)CC3)nn2)CC1. The molecule has 4 rings (SSSR count). The average Bonchev–Trinajstić information content (AvgIpc) is 3.34. The molecule has 1 amide bonds. The largest absolute Gasteiger partial charge is 0.377 e. The van der Waals surface area contributed by atoms with Gasteiger partial charge in [0.25, 0.3) is 0 Å². The summed E-state index contributed by atoms with van der Waals surface area (Å²) in [4.78, 5) is 21.7. The summed E-state index contributed by atoms with van der Waals surface area (Å²) in [6, 6.07) is 4.18. The van der Waals surface area contributed by atoms with Gasteiger partial charge < -0.3 is 19.4 Å². The number of carbonyl (C=O) groups excluding carboxylic acids is 1. The number of hydrogen-bond donors (Lipinski definition) is 0. The number of nitrogens with zero attached hydrogens (tertiary/aromatic N) is 6. The lowest BCUT2D eigenvalue weighted by Crippen LogP contribution is -2.50. The maximum Gasteiger partial charge on any atom is 0.225 e. The third kappa shape index (κ3) is 5.47. The summed E-state index contributed by atoms with van der Waals surface area (Å²) in [6.45, 7) is 13.4. The highest BCUT2D eigenvalue weighted by atomic mass is 16.5. The van der Waals surface area contributed by atoms with Crippen LogP contribution in [0.4, 0.5) is 11.6 Å². The molecule has 8 heteroatoms. The molecule has 3 aliphatic heterocycles. The van der Waals surface area contributed by atoms with Gasteiger partial charge in [0.1, 0.15) is 0 Å². The van der Waals surface area contributed by atoms with Crippen LogP contribution in [0.1, 0.15) is 39.5 Å². The van der Waals surface area contributed by atoms with E-state index >= 15 is 0 Å². The van der Waals surface area contributed by atoms with Crippen LogP contribution in [-0.2, 0) is 9.53 Å². The van der Waals surface area contributed by atoms with Gasteiger partial charge in [-0.1, -0.05) is 13.8 Å². The summed E-state index contributed by atoms with van der Waals surface area (Å²) in [5.74, 6) is 2.35. The third-order valence-corrected chi connectivity index (χ3v) is 7.07. The minimum absolute atomic E-state index is 0.164. The highest BCUT2D eigenvalue weighted by Crippen LogP contribution is 2.20. The Labute approximate surface area is 186 Å². The van der Waals surface area contributed by atoms with Crippen LogP contribution in [-0.4, -0.2) is 97.5 Å². The molecule has 1 unspecified atom stereocenters. The Morgan fingerprint density at radius 3 is 2.03 bits per heavy atom. The molecule has 0 aromatic carbocycles. The van der Waals surface area contributed by atoms with Crippen molar-refractivity contribution in [3.8, 4) is 0 Å². The summed E-state index contributed by atoms with van der Waals surface area (Å²) in [5.41, 5.74) is 0. The van der Waals surface area contributed by atoms with Crippen LogP contribution in [0, 0.1) is 5.92 Å². The Bertz CT molecular complexity index is 689. The lowest BCUT2D eigenvalue weighted by molar-refractivity contribution is -0.136. The fourth-order valence-corrected chi connectivity index (χ4v) is 4.94. The molecule has 0 bridgehead atoms. The van der Waals surface area contributed by atoms with E-state index in [0.717, 1.165) is 90.0 Å². The minimum atomic E-state index is 0.164. The van der Waals surface area contributed by atoms with Crippen molar-refractivity contribution in [3.63, 3.8) is 0 Å². The predicted molar refractivity (Wildman–Crippen MR) is 123 cm³/mol. The number of ether oxygens (including phenoxy) is 1. The first-order valence-corrected chi connectivity index (χ1v) is 12.1. The molecular formula is C23H38N6O2. The number of aromatic nitrogens is 2. The fraction of sp³-hybridized carbons (Fsp3) is 0.783. The molecule has 0 saturated carbocycles. The summed E-state index contributed by atoms with van der Waals surface area (Å²) >= 11 is 0. The van der Waals surface area contributed by atoms with E-state index in [0.29, 0.717) is 12.0 Å². The number of hydrogen-bond acceptors (Lipinski definition) is 7. The van der Waals surface area contributed by atoms with Crippen molar-refractivity contribution in [2.45, 2.75) is 45.6 Å². The van der Waals surface area contributed by atoms with Crippen molar-refractivity contribution in [1.29, 1.82) is 0 Å². The summed E-state index contributed by atoms with van der Waals surface area (Å²) in [7, 11) is 0. The van der Waals surface area contributed by atoms with Crippen molar-refractivity contribution in [1.82, 2.24) is 20.0 Å². The molecule has 3 fully saturated rings. The van der Waals surface area contributed by atoms with Crippen molar-refractivity contribution < 1.29 is 9.53 Å². The van der Waals surface area contributed by atoms with Gasteiger partial charge in [0.2, 0.25) is 5.91 Å². The van der Waals surface area contributed by atoms with Crippen LogP contribution in [0.2, 0.25) is 0 Å². The molecular weight excluding hydrogens is 392 g/mol. The molecule has 3 saturated heterocycles. The normalized spacial score (nSPS) is 23.1. The topological polar surface area (TPSA) is 65.0 Å². The van der Waals surface area contributed by atoms with Crippen LogP contribution in [0.5, 0.6) is 0 Å². The Morgan fingerprint density at radius 2 is 1.55 bits per heavy atom. The van der Waals surface area contributed by atoms with Gasteiger partial charge in [-0.05, 0) is 37.8 Å². The van der Waals surface area contributed by atoms with Crippen molar-refractivity contribution in [2.24, 2.45) is 5.92 Å². The fourth-order valence-electron chi connectivity index (χ4n) is 4.94. The molecule has 1 atom stereocenters. The molecule has 3 aliphatic rings. The second-order valence-electron chi connectivity index (χ2n) is 9.00. The maximum atomic E-state index is 12.6. The molecule has 0 aliphatic carbocycles. The zero-order chi connectivity index (χ0) is 21.6. The number of carbonyl (C=O) groups is 1. The van der Waals surface area contributed by atoms with Gasteiger partial charge in [0.05, 0.1) is 6.10 Å². The quantitative estimate of drug-likeness (QED) is 0.654. The van der Waals surface area contributed by atoms with Gasteiger partial charge in [-0.3, -0.25) is 9.69 Å². The molecule has 172 valence electrons. The van der Waals surface area contributed by atoms with Crippen LogP contribution < -0.4 is 9.80 Å². The Kier molecular flexibility index (Phi) is 7.61. The monoisotopic (exact) mass is 430 g/mol. The molecule has 1 aromatic rings. The number of rotatable bonds is 7. The van der Waals surface area contributed by atoms with E-state index in [1.54, 1.807) is 0 Å². The number of anilines is 2. The number of piperazine rings is 2. The van der Waals surface area contributed by atoms with Crippen molar-refractivity contribution in [2.75, 3.05) is 75.3 Å². The van der Waals surface area contributed by atoms with E-state index < -0.39 is 0 Å². The van der Waals surface area contributed by atoms with Crippen molar-refractivity contribution in [3.05, 3.63) is 12.1 Å². The van der Waals surface area contributed by atoms with E-state index in [9.17, 15) is 4.79 Å². The Balaban J connectivity index is 1.24. The molecule has 0 spiro atoms. The predicted octanol–water partition coefficient (Wildman–Crippen LogP) is 1.86. The Hall–Kier alpha value is -1.93. The van der Waals surface area contributed by atoms with Gasteiger partial charge in [-0.2, -0.15) is 0 Å². The maximum absolute atomic E-state index is 12.6. The summed E-state index contributed by atoms with van der Waals surface area (Å²) in [5, 5.41) is 9.04.